The van der Waals surface area contributed by atoms with Crippen LogP contribution in [0.2, 0.25) is 0 Å². The van der Waals surface area contributed by atoms with E-state index in [1.807, 2.05) is 66.7 Å². The lowest BCUT2D eigenvalue weighted by molar-refractivity contribution is -0.384. The van der Waals surface area contributed by atoms with Crippen molar-refractivity contribution in [2.75, 3.05) is 0 Å². The molecular weight excluding hydrogens is 538 g/mol. The number of rotatable bonds is 12. The van der Waals surface area contributed by atoms with E-state index >= 15 is 0 Å². The molecule has 0 unspecified atom stereocenters. The van der Waals surface area contributed by atoms with Crippen molar-refractivity contribution in [3.8, 4) is 5.75 Å². The first kappa shape index (κ1) is 29.5. The second-order valence-corrected chi connectivity index (χ2v) is 9.37. The highest BCUT2D eigenvalue weighted by atomic mass is 16.6. The monoisotopic (exact) mass is 567 g/mol. The number of nitrogens with zero attached hydrogens (tertiary/aromatic N) is 1. The molecule has 0 aliphatic heterocycles. The summed E-state index contributed by atoms with van der Waals surface area (Å²) >= 11 is 0. The molecule has 0 aliphatic rings. The minimum Gasteiger partial charge on any atom is -0.445 e. The lowest BCUT2D eigenvalue weighted by Gasteiger charge is -2.23. The average molecular weight is 568 g/mol. The van der Waals surface area contributed by atoms with Gasteiger partial charge in [-0.05, 0) is 28.8 Å². The van der Waals surface area contributed by atoms with Gasteiger partial charge in [-0.3, -0.25) is 14.9 Å². The number of carbonyl (C=O) groups is 3. The van der Waals surface area contributed by atoms with Crippen molar-refractivity contribution in [1.29, 1.82) is 0 Å². The summed E-state index contributed by atoms with van der Waals surface area (Å²) in [7, 11) is 0. The van der Waals surface area contributed by atoms with Crippen molar-refractivity contribution in [2.24, 2.45) is 0 Å². The highest BCUT2D eigenvalue weighted by Gasteiger charge is 2.29. The van der Waals surface area contributed by atoms with Crippen molar-refractivity contribution >= 4 is 23.7 Å². The molecule has 0 aliphatic carbocycles. The minimum absolute atomic E-state index is 0.0184. The second-order valence-electron chi connectivity index (χ2n) is 9.37. The summed E-state index contributed by atoms with van der Waals surface area (Å²) in [5, 5.41) is 16.3. The maximum absolute atomic E-state index is 13.6. The highest BCUT2D eigenvalue weighted by molar-refractivity contribution is 5.90. The number of nitro groups is 1. The van der Waals surface area contributed by atoms with Crippen molar-refractivity contribution in [1.82, 2.24) is 10.6 Å². The van der Waals surface area contributed by atoms with E-state index in [1.54, 1.807) is 24.3 Å². The topological polar surface area (TPSA) is 137 Å². The van der Waals surface area contributed by atoms with E-state index in [0.717, 1.165) is 16.7 Å². The van der Waals surface area contributed by atoms with Crippen LogP contribution in [0.1, 0.15) is 16.7 Å². The van der Waals surface area contributed by atoms with Crippen LogP contribution in [0.4, 0.5) is 10.5 Å². The number of carbonyl (C=O) groups excluding carboxylic acids is 3. The van der Waals surface area contributed by atoms with Gasteiger partial charge in [-0.15, -0.1) is 0 Å². The summed E-state index contributed by atoms with van der Waals surface area (Å²) in [4.78, 5) is 49.9. The van der Waals surface area contributed by atoms with Gasteiger partial charge >= 0.3 is 12.1 Å². The van der Waals surface area contributed by atoms with Crippen LogP contribution in [-0.2, 0) is 33.8 Å². The van der Waals surface area contributed by atoms with Crippen molar-refractivity contribution < 1.29 is 28.8 Å². The van der Waals surface area contributed by atoms with Gasteiger partial charge in [-0.2, -0.15) is 0 Å². The summed E-state index contributed by atoms with van der Waals surface area (Å²) < 4.78 is 10.8. The van der Waals surface area contributed by atoms with Gasteiger partial charge in [0, 0.05) is 25.0 Å². The first-order valence-electron chi connectivity index (χ1n) is 13.2. The van der Waals surface area contributed by atoms with E-state index in [4.69, 9.17) is 9.47 Å². The number of nitrogens with one attached hydrogen (secondary N) is 2. The van der Waals surface area contributed by atoms with Gasteiger partial charge in [0.25, 0.3) is 5.69 Å². The Morgan fingerprint density at radius 1 is 0.667 bits per heavy atom. The molecule has 42 heavy (non-hydrogen) atoms. The van der Waals surface area contributed by atoms with Gasteiger partial charge < -0.3 is 20.1 Å². The Hall–Kier alpha value is -5.51. The lowest BCUT2D eigenvalue weighted by atomic mass is 10.0. The molecule has 0 spiro atoms. The smallest absolute Gasteiger partial charge is 0.408 e. The molecule has 0 saturated carbocycles. The molecule has 0 radical (unpaired) electrons. The van der Waals surface area contributed by atoms with Gasteiger partial charge in [-0.1, -0.05) is 91.0 Å². The van der Waals surface area contributed by atoms with E-state index in [9.17, 15) is 24.5 Å². The van der Waals surface area contributed by atoms with Gasteiger partial charge in [0.15, 0.2) is 0 Å². The normalized spacial score (nSPS) is 11.9. The SMILES string of the molecule is O=C(N[C@H](Cc1ccccc1)C(=O)N[C@@H](Cc1ccccc1)C(=O)Oc1ccc([N+](=O)[O-])cc1)OCc1ccccc1. The van der Waals surface area contributed by atoms with E-state index in [2.05, 4.69) is 10.6 Å². The zero-order valence-electron chi connectivity index (χ0n) is 22.6. The third-order valence-electron chi connectivity index (χ3n) is 6.25. The number of hydrogen-bond acceptors (Lipinski definition) is 7. The van der Waals surface area contributed by atoms with Crippen molar-refractivity contribution in [2.45, 2.75) is 31.5 Å². The van der Waals surface area contributed by atoms with E-state index in [-0.39, 0.29) is 30.9 Å². The molecule has 0 heterocycles. The Morgan fingerprint density at radius 3 is 1.69 bits per heavy atom. The summed E-state index contributed by atoms with van der Waals surface area (Å²) in [5.74, 6) is -1.30. The van der Waals surface area contributed by atoms with Crippen LogP contribution < -0.4 is 15.4 Å². The van der Waals surface area contributed by atoms with E-state index < -0.39 is 35.0 Å². The number of alkyl carbamates (subject to hydrolysis) is 1. The number of ether oxygens (including phenoxy) is 2. The molecule has 0 fully saturated rings. The maximum Gasteiger partial charge on any atom is 0.408 e. The third-order valence-corrected chi connectivity index (χ3v) is 6.25. The fourth-order valence-electron chi connectivity index (χ4n) is 4.10. The average Bonchev–Trinajstić information content (AvgIpc) is 3.01. The van der Waals surface area contributed by atoms with Crippen LogP contribution in [0.25, 0.3) is 0 Å². The van der Waals surface area contributed by atoms with Gasteiger partial charge in [0.1, 0.15) is 24.4 Å². The van der Waals surface area contributed by atoms with Crippen LogP contribution in [0.3, 0.4) is 0 Å². The number of benzene rings is 4. The van der Waals surface area contributed by atoms with Crippen LogP contribution >= 0.6 is 0 Å². The largest absolute Gasteiger partial charge is 0.445 e. The molecule has 0 bridgehead atoms. The predicted octanol–water partition coefficient (Wildman–Crippen LogP) is 4.77. The lowest BCUT2D eigenvalue weighted by Crippen LogP contribution is -2.53. The Kier molecular flexibility index (Phi) is 10.4. The summed E-state index contributed by atoms with van der Waals surface area (Å²) in [6, 6.07) is 30.1. The summed E-state index contributed by atoms with van der Waals surface area (Å²) in [6.45, 7) is 0.0184. The van der Waals surface area contributed by atoms with Crippen LogP contribution in [-0.4, -0.2) is 35.0 Å². The number of hydrogen-bond donors (Lipinski definition) is 2. The Bertz CT molecular complexity index is 1480. The maximum atomic E-state index is 13.6. The number of amides is 2. The summed E-state index contributed by atoms with van der Waals surface area (Å²) in [5.41, 5.74) is 2.18. The Labute approximate surface area is 242 Å². The second kappa shape index (κ2) is 14.8. The molecule has 10 nitrogen and oxygen atoms in total. The Morgan fingerprint density at radius 2 is 1.17 bits per heavy atom. The zero-order chi connectivity index (χ0) is 29.7. The van der Waals surface area contributed by atoms with Crippen molar-refractivity contribution in [3.05, 3.63) is 142 Å². The van der Waals surface area contributed by atoms with Crippen LogP contribution in [0.15, 0.2) is 115 Å². The van der Waals surface area contributed by atoms with Gasteiger partial charge in [0.05, 0.1) is 4.92 Å². The molecule has 0 saturated heterocycles. The highest BCUT2D eigenvalue weighted by Crippen LogP contribution is 2.18. The van der Waals surface area contributed by atoms with Crippen LogP contribution in [0.5, 0.6) is 5.75 Å². The predicted molar refractivity (Wildman–Crippen MR) is 155 cm³/mol. The third kappa shape index (κ3) is 9.02. The summed E-state index contributed by atoms with van der Waals surface area (Å²) in [6.07, 6.45) is -0.541. The number of esters is 1. The standard InChI is InChI=1S/C32H29N3O7/c36-30(28(20-23-10-4-1-5-11-23)34-32(38)41-22-25-14-8-3-9-15-25)33-29(21-24-12-6-2-7-13-24)31(37)42-27-18-16-26(17-19-27)35(39)40/h1-19,28-29H,20-22H2,(H,33,36)(H,34,38)/t28-,29+/m1/s1. The first-order chi connectivity index (χ1) is 20.4. The van der Waals surface area contributed by atoms with Crippen LogP contribution in [0, 0.1) is 10.1 Å². The molecule has 2 atom stereocenters. The fraction of sp³-hybridized carbons (Fsp3) is 0.156. The molecule has 10 heteroatoms. The molecule has 2 N–H and O–H groups in total. The number of nitro benzene ring substituents is 1. The van der Waals surface area contributed by atoms with Crippen molar-refractivity contribution in [3.63, 3.8) is 0 Å². The Balaban J connectivity index is 1.50. The molecule has 4 aromatic rings. The molecule has 2 amide bonds. The number of non-ortho nitro benzene ring substituents is 1. The first-order valence-corrected chi connectivity index (χ1v) is 13.2. The molecular formula is C32H29N3O7. The fourth-order valence-corrected chi connectivity index (χ4v) is 4.10. The van der Waals surface area contributed by atoms with Gasteiger partial charge in [0.2, 0.25) is 5.91 Å². The molecule has 4 rings (SSSR count). The molecule has 0 aromatic heterocycles. The van der Waals surface area contributed by atoms with E-state index in [1.165, 1.54) is 24.3 Å². The zero-order valence-corrected chi connectivity index (χ0v) is 22.6. The van der Waals surface area contributed by atoms with E-state index in [0.29, 0.717) is 0 Å². The molecule has 214 valence electrons. The minimum atomic E-state index is -1.13. The van der Waals surface area contributed by atoms with Gasteiger partial charge in [-0.25, -0.2) is 9.59 Å². The quantitative estimate of drug-likeness (QED) is 0.109. The molecule has 4 aromatic carbocycles.